The van der Waals surface area contributed by atoms with Crippen LogP contribution in [0.15, 0.2) is 133 Å². The van der Waals surface area contributed by atoms with Crippen molar-refractivity contribution < 1.29 is 44.3 Å². The van der Waals surface area contributed by atoms with Gasteiger partial charge in [0.05, 0.1) is 22.3 Å². The van der Waals surface area contributed by atoms with Gasteiger partial charge in [-0.25, -0.2) is 19.2 Å². The van der Waals surface area contributed by atoms with Gasteiger partial charge in [0.15, 0.2) is 0 Å². The van der Waals surface area contributed by atoms with E-state index in [0.717, 1.165) is 0 Å². The van der Waals surface area contributed by atoms with Gasteiger partial charge in [-0.05, 0) is 94.0 Å². The van der Waals surface area contributed by atoms with Gasteiger partial charge in [-0.15, -0.1) is 0 Å². The summed E-state index contributed by atoms with van der Waals surface area (Å²) >= 11 is 0. The number of aromatic carboxylic acids is 4. The van der Waals surface area contributed by atoms with Gasteiger partial charge in [0.2, 0.25) is 0 Å². The van der Waals surface area contributed by atoms with Crippen LogP contribution in [-0.2, 0) is 0 Å². The summed E-state index contributed by atoms with van der Waals surface area (Å²) < 4.78 is 6.73. The van der Waals surface area contributed by atoms with E-state index in [0.29, 0.717) is 56.0 Å². The third-order valence-electron chi connectivity index (χ3n) is 8.00. The SMILES string of the molecule is O=C(O)c1ccc(-c2cccc(Oc3cccc(-c4ccc(C(=O)O)cc4)c3-c3ccc(C(=O)O)cc3)c2-c2ccc(C(=O)O)cc2)cc1. The molecule has 0 saturated heterocycles. The lowest BCUT2D eigenvalue weighted by molar-refractivity contribution is 0.0686. The van der Waals surface area contributed by atoms with Gasteiger partial charge in [0.25, 0.3) is 0 Å². The molecule has 0 radical (unpaired) electrons. The van der Waals surface area contributed by atoms with Crippen LogP contribution in [0.25, 0.3) is 44.5 Å². The molecule has 0 amide bonds. The molecular weight excluding hydrogens is 624 g/mol. The average Bonchev–Trinajstić information content (AvgIpc) is 3.11. The van der Waals surface area contributed by atoms with E-state index in [1.165, 1.54) is 48.5 Å². The fourth-order valence-electron chi connectivity index (χ4n) is 5.57. The van der Waals surface area contributed by atoms with E-state index in [1.54, 1.807) is 72.8 Å². The lowest BCUT2D eigenvalue weighted by Crippen LogP contribution is -1.99. The third kappa shape index (κ3) is 6.63. The maximum atomic E-state index is 11.6. The molecule has 9 heteroatoms. The number of benzene rings is 6. The van der Waals surface area contributed by atoms with Gasteiger partial charge in [0.1, 0.15) is 11.5 Å². The highest BCUT2D eigenvalue weighted by Crippen LogP contribution is 2.45. The predicted molar refractivity (Wildman–Crippen MR) is 183 cm³/mol. The van der Waals surface area contributed by atoms with Gasteiger partial charge in [-0.1, -0.05) is 72.8 Å². The second-order valence-electron chi connectivity index (χ2n) is 11.0. The van der Waals surface area contributed by atoms with Crippen molar-refractivity contribution in [3.05, 3.63) is 156 Å². The molecule has 0 fully saturated rings. The van der Waals surface area contributed by atoms with Crippen LogP contribution in [0, 0.1) is 0 Å². The Labute approximate surface area is 279 Å². The fourth-order valence-corrected chi connectivity index (χ4v) is 5.57. The number of hydrogen-bond donors (Lipinski definition) is 4. The molecule has 49 heavy (non-hydrogen) atoms. The van der Waals surface area contributed by atoms with Crippen LogP contribution < -0.4 is 4.74 Å². The molecule has 0 aliphatic heterocycles. The van der Waals surface area contributed by atoms with Crippen molar-refractivity contribution in [1.82, 2.24) is 0 Å². The third-order valence-corrected chi connectivity index (χ3v) is 8.00. The number of rotatable bonds is 10. The average molecular weight is 651 g/mol. The van der Waals surface area contributed by atoms with Crippen LogP contribution in [0.3, 0.4) is 0 Å². The first-order valence-electron chi connectivity index (χ1n) is 14.9. The second-order valence-corrected chi connectivity index (χ2v) is 11.0. The molecule has 0 unspecified atom stereocenters. The highest BCUT2D eigenvalue weighted by Gasteiger charge is 2.20. The Balaban J connectivity index is 1.55. The van der Waals surface area contributed by atoms with Gasteiger partial charge >= 0.3 is 23.9 Å². The fraction of sp³-hybridized carbons (Fsp3) is 0. The molecule has 0 aliphatic carbocycles. The molecule has 240 valence electrons. The maximum absolute atomic E-state index is 11.6. The van der Waals surface area contributed by atoms with E-state index >= 15 is 0 Å². The molecule has 6 aromatic carbocycles. The second kappa shape index (κ2) is 13.4. The Morgan fingerprint density at radius 1 is 0.347 bits per heavy atom. The van der Waals surface area contributed by atoms with Crippen LogP contribution in [0.1, 0.15) is 41.4 Å². The minimum absolute atomic E-state index is 0.100. The number of carbonyl (C=O) groups is 4. The Morgan fingerprint density at radius 2 is 0.612 bits per heavy atom. The van der Waals surface area contributed by atoms with Crippen LogP contribution in [-0.4, -0.2) is 44.3 Å². The first-order chi connectivity index (χ1) is 23.6. The summed E-state index contributed by atoms with van der Waals surface area (Å²) in [6.45, 7) is 0. The molecule has 0 heterocycles. The Kier molecular flexibility index (Phi) is 8.73. The zero-order chi connectivity index (χ0) is 34.7. The summed E-state index contributed by atoms with van der Waals surface area (Å²) in [7, 11) is 0. The molecule has 0 atom stereocenters. The van der Waals surface area contributed by atoms with E-state index in [9.17, 15) is 39.6 Å². The van der Waals surface area contributed by atoms with E-state index < -0.39 is 23.9 Å². The summed E-state index contributed by atoms with van der Waals surface area (Å²) in [6.07, 6.45) is 0. The van der Waals surface area contributed by atoms with Crippen molar-refractivity contribution in [3.8, 4) is 56.0 Å². The summed E-state index contributed by atoms with van der Waals surface area (Å²) in [5.41, 5.74) is 5.76. The Bertz CT molecular complexity index is 2060. The standard InChI is InChI=1S/C40H26O9/c41-37(42)27-15-7-23(8-16-27)31-3-1-5-33(35(31)25-11-19-29(20-12-25)39(45)46)49-34-6-2-4-32(24-9-17-28(18-10-24)38(43)44)36(34)26-13-21-30(22-14-26)40(47)48/h1-22H,(H,41,42)(H,43,44)(H,45,46)(H,47,48). The highest BCUT2D eigenvalue weighted by molar-refractivity contribution is 5.95. The summed E-state index contributed by atoms with van der Waals surface area (Å²) in [6, 6.07) is 36.2. The van der Waals surface area contributed by atoms with Crippen LogP contribution >= 0.6 is 0 Å². The Morgan fingerprint density at radius 3 is 0.878 bits per heavy atom. The van der Waals surface area contributed by atoms with Crippen molar-refractivity contribution in [1.29, 1.82) is 0 Å². The van der Waals surface area contributed by atoms with Crippen molar-refractivity contribution in [2.24, 2.45) is 0 Å². The molecule has 6 rings (SSSR count). The smallest absolute Gasteiger partial charge is 0.335 e. The van der Waals surface area contributed by atoms with Gasteiger partial charge < -0.3 is 25.2 Å². The van der Waals surface area contributed by atoms with E-state index in [1.807, 2.05) is 12.1 Å². The quantitative estimate of drug-likeness (QED) is 0.114. The van der Waals surface area contributed by atoms with Crippen molar-refractivity contribution in [3.63, 3.8) is 0 Å². The normalized spacial score (nSPS) is 10.7. The lowest BCUT2D eigenvalue weighted by atomic mass is 9.91. The summed E-state index contributed by atoms with van der Waals surface area (Å²) in [4.78, 5) is 46.3. The number of hydrogen-bond acceptors (Lipinski definition) is 5. The zero-order valence-corrected chi connectivity index (χ0v) is 25.5. The molecule has 9 nitrogen and oxygen atoms in total. The van der Waals surface area contributed by atoms with Crippen LogP contribution in [0.4, 0.5) is 0 Å². The van der Waals surface area contributed by atoms with Crippen molar-refractivity contribution in [2.45, 2.75) is 0 Å². The van der Waals surface area contributed by atoms with Crippen molar-refractivity contribution in [2.75, 3.05) is 0 Å². The van der Waals surface area contributed by atoms with Crippen LogP contribution in [0.5, 0.6) is 11.5 Å². The topological polar surface area (TPSA) is 158 Å². The summed E-state index contributed by atoms with van der Waals surface area (Å²) in [5, 5.41) is 37.9. The predicted octanol–water partition coefficient (Wildman–Crippen LogP) is 8.94. The number of ether oxygens (including phenoxy) is 1. The zero-order valence-electron chi connectivity index (χ0n) is 25.5. The van der Waals surface area contributed by atoms with Gasteiger partial charge in [-0.3, -0.25) is 0 Å². The molecule has 0 bridgehead atoms. The van der Waals surface area contributed by atoms with Crippen molar-refractivity contribution >= 4 is 23.9 Å². The Hall–Kier alpha value is -7.00. The minimum Gasteiger partial charge on any atom is -0.478 e. The monoisotopic (exact) mass is 650 g/mol. The molecule has 0 spiro atoms. The first-order valence-corrected chi connectivity index (χ1v) is 14.9. The van der Waals surface area contributed by atoms with E-state index in [2.05, 4.69) is 0 Å². The number of carboxylic acid groups (broad SMARTS) is 4. The maximum Gasteiger partial charge on any atom is 0.335 e. The van der Waals surface area contributed by atoms with E-state index in [4.69, 9.17) is 4.74 Å². The van der Waals surface area contributed by atoms with Gasteiger partial charge in [-0.2, -0.15) is 0 Å². The number of carboxylic acids is 4. The van der Waals surface area contributed by atoms with Crippen LogP contribution in [0.2, 0.25) is 0 Å². The largest absolute Gasteiger partial charge is 0.478 e. The highest BCUT2D eigenvalue weighted by atomic mass is 16.5. The first kappa shape index (κ1) is 32.0. The molecular formula is C40H26O9. The molecule has 0 aromatic heterocycles. The molecule has 0 saturated carbocycles. The minimum atomic E-state index is -1.08. The summed E-state index contributed by atoms with van der Waals surface area (Å²) in [5.74, 6) is -3.46. The molecule has 0 aliphatic rings. The van der Waals surface area contributed by atoms with E-state index in [-0.39, 0.29) is 22.3 Å². The van der Waals surface area contributed by atoms with Gasteiger partial charge in [0, 0.05) is 11.1 Å². The lowest BCUT2D eigenvalue weighted by Gasteiger charge is -2.20. The molecule has 6 aromatic rings. The molecule has 4 N–H and O–H groups in total.